The van der Waals surface area contributed by atoms with Crippen molar-refractivity contribution in [1.29, 1.82) is 0 Å². The second kappa shape index (κ2) is 6.68. The lowest BCUT2D eigenvalue weighted by Crippen LogP contribution is -2.29. The van der Waals surface area contributed by atoms with E-state index in [0.29, 0.717) is 13.2 Å². The highest BCUT2D eigenvalue weighted by atomic mass is 80.0. The van der Waals surface area contributed by atoms with Gasteiger partial charge in [0.1, 0.15) is 2.14 Å². The van der Waals surface area contributed by atoms with Gasteiger partial charge in [0.25, 0.3) is 0 Å². The SMILES string of the molecule is BrC(CC(Br)(Br)Br)C1OCc2ccccc2CO1. The standard InChI is InChI=1S/C12H12Br4O2/c13-10(5-12(14,15)16)11-17-6-8-3-1-2-4-9(8)7-18-11/h1-4,10-11H,5-7H2. The summed E-state index contributed by atoms with van der Waals surface area (Å²) in [4.78, 5) is 0.0879. The third-order valence-corrected chi connectivity index (χ3v) is 4.37. The van der Waals surface area contributed by atoms with Crippen LogP contribution < -0.4 is 0 Å². The van der Waals surface area contributed by atoms with Gasteiger partial charge in [-0.1, -0.05) is 88.0 Å². The molecule has 6 heteroatoms. The Morgan fingerprint density at radius 3 is 2.06 bits per heavy atom. The van der Waals surface area contributed by atoms with E-state index < -0.39 is 0 Å². The van der Waals surface area contributed by atoms with Crippen LogP contribution in [0.3, 0.4) is 0 Å². The van der Waals surface area contributed by atoms with Gasteiger partial charge >= 0.3 is 0 Å². The van der Waals surface area contributed by atoms with Gasteiger partial charge in [0.2, 0.25) is 0 Å². The van der Waals surface area contributed by atoms with Crippen molar-refractivity contribution in [2.24, 2.45) is 0 Å². The summed E-state index contributed by atoms with van der Waals surface area (Å²) in [5.41, 5.74) is 2.39. The van der Waals surface area contributed by atoms with Gasteiger partial charge in [-0.15, -0.1) is 0 Å². The van der Waals surface area contributed by atoms with E-state index in [9.17, 15) is 0 Å². The molecule has 0 bridgehead atoms. The second-order valence-electron chi connectivity index (χ2n) is 4.09. The summed E-state index contributed by atoms with van der Waals surface area (Å²) in [5, 5.41) is 0. The van der Waals surface area contributed by atoms with Crippen LogP contribution in [0.25, 0.3) is 0 Å². The van der Waals surface area contributed by atoms with Crippen molar-refractivity contribution in [2.45, 2.75) is 32.9 Å². The van der Waals surface area contributed by atoms with Crippen molar-refractivity contribution in [2.75, 3.05) is 0 Å². The number of halogens is 4. The molecule has 0 aliphatic carbocycles. The maximum Gasteiger partial charge on any atom is 0.170 e. The van der Waals surface area contributed by atoms with Crippen molar-refractivity contribution in [3.05, 3.63) is 35.4 Å². The lowest BCUT2D eigenvalue weighted by atomic mass is 10.1. The zero-order chi connectivity index (χ0) is 13.2. The number of benzene rings is 1. The maximum atomic E-state index is 5.81. The lowest BCUT2D eigenvalue weighted by molar-refractivity contribution is -0.147. The second-order valence-corrected chi connectivity index (χ2v) is 12.5. The predicted molar refractivity (Wildman–Crippen MR) is 86.7 cm³/mol. The first-order valence-electron chi connectivity index (χ1n) is 5.46. The van der Waals surface area contributed by atoms with Crippen LogP contribution in [-0.4, -0.2) is 13.3 Å². The molecule has 0 spiro atoms. The minimum absolute atomic E-state index is 0.0879. The molecule has 0 N–H and O–H groups in total. The number of rotatable bonds is 2. The molecule has 1 aliphatic rings. The molecule has 2 nitrogen and oxygen atoms in total. The minimum Gasteiger partial charge on any atom is -0.347 e. The van der Waals surface area contributed by atoms with Gasteiger partial charge in [0, 0.05) is 0 Å². The first-order valence-corrected chi connectivity index (χ1v) is 8.76. The molecule has 0 aromatic heterocycles. The predicted octanol–water partition coefficient (Wildman–Crippen LogP) is 5.05. The smallest absolute Gasteiger partial charge is 0.170 e. The third-order valence-electron chi connectivity index (χ3n) is 2.65. The summed E-state index contributed by atoms with van der Waals surface area (Å²) >= 11 is 14.1. The van der Waals surface area contributed by atoms with Gasteiger partial charge in [-0.25, -0.2) is 0 Å². The Kier molecular flexibility index (Phi) is 5.73. The van der Waals surface area contributed by atoms with Crippen LogP contribution in [0, 0.1) is 0 Å². The molecule has 0 fully saturated rings. The van der Waals surface area contributed by atoms with E-state index in [1.807, 2.05) is 12.1 Å². The number of hydrogen-bond acceptors (Lipinski definition) is 2. The molecule has 1 atom stereocenters. The quantitative estimate of drug-likeness (QED) is 0.522. The molecule has 1 aromatic rings. The average Bonchev–Trinajstić information content (AvgIpc) is 2.49. The van der Waals surface area contributed by atoms with Crippen LogP contribution in [0.4, 0.5) is 0 Å². The Hall–Kier alpha value is 1.06. The molecule has 1 heterocycles. The highest BCUT2D eigenvalue weighted by Crippen LogP contribution is 2.41. The molecule has 0 radical (unpaired) electrons. The summed E-state index contributed by atoms with van der Waals surface area (Å²) < 4.78 is 11.3. The van der Waals surface area contributed by atoms with Crippen LogP contribution in [0.15, 0.2) is 24.3 Å². The topological polar surface area (TPSA) is 18.5 Å². The van der Waals surface area contributed by atoms with E-state index >= 15 is 0 Å². The summed E-state index contributed by atoms with van der Waals surface area (Å²) in [6, 6.07) is 8.20. The maximum absolute atomic E-state index is 5.81. The van der Waals surface area contributed by atoms with Crippen molar-refractivity contribution in [3.63, 3.8) is 0 Å². The van der Waals surface area contributed by atoms with Crippen LogP contribution >= 0.6 is 63.7 Å². The Labute approximate surface area is 140 Å². The molecule has 1 aliphatic heterocycles. The minimum atomic E-state index is -0.299. The van der Waals surface area contributed by atoms with Crippen molar-refractivity contribution < 1.29 is 9.47 Å². The number of ether oxygens (including phenoxy) is 2. The Balaban J connectivity index is 1.99. The molecule has 100 valence electrons. The molecule has 0 saturated heterocycles. The van der Waals surface area contributed by atoms with Gasteiger partial charge in [-0.2, -0.15) is 0 Å². The summed E-state index contributed by atoms with van der Waals surface area (Å²) in [5.74, 6) is 0. The molecule has 1 unspecified atom stereocenters. The zero-order valence-electron chi connectivity index (χ0n) is 9.41. The van der Waals surface area contributed by atoms with Gasteiger partial charge < -0.3 is 9.47 Å². The van der Waals surface area contributed by atoms with E-state index in [4.69, 9.17) is 9.47 Å². The summed E-state index contributed by atoms with van der Waals surface area (Å²) in [6.07, 6.45) is 0.512. The van der Waals surface area contributed by atoms with E-state index in [1.54, 1.807) is 0 Å². The Morgan fingerprint density at radius 2 is 1.61 bits per heavy atom. The number of hydrogen-bond donors (Lipinski definition) is 0. The largest absolute Gasteiger partial charge is 0.347 e. The van der Waals surface area contributed by atoms with Gasteiger partial charge in [0.15, 0.2) is 6.29 Å². The number of fused-ring (bicyclic) bond motifs is 1. The first-order chi connectivity index (χ1) is 8.46. The summed E-state index contributed by atoms with van der Waals surface area (Å²) in [7, 11) is 0. The van der Waals surface area contributed by atoms with Crippen molar-refractivity contribution in [1.82, 2.24) is 0 Å². The fourth-order valence-corrected chi connectivity index (χ4v) is 4.90. The van der Waals surface area contributed by atoms with Gasteiger partial charge in [0.05, 0.1) is 18.0 Å². The van der Waals surface area contributed by atoms with Crippen LogP contribution in [0.2, 0.25) is 0 Å². The molecule has 2 rings (SSSR count). The van der Waals surface area contributed by atoms with Crippen LogP contribution in [0.1, 0.15) is 17.5 Å². The molecule has 1 aromatic carbocycles. The Morgan fingerprint density at radius 1 is 1.11 bits per heavy atom. The third kappa shape index (κ3) is 4.56. The normalized spacial score (nSPS) is 19.1. The molecule has 0 saturated carbocycles. The first kappa shape index (κ1) is 15.4. The van der Waals surface area contributed by atoms with Gasteiger partial charge in [-0.05, 0) is 17.5 Å². The van der Waals surface area contributed by atoms with Gasteiger partial charge in [-0.3, -0.25) is 0 Å². The number of alkyl halides is 4. The lowest BCUT2D eigenvalue weighted by Gasteiger charge is -2.24. The fraction of sp³-hybridized carbons (Fsp3) is 0.500. The average molecular weight is 508 g/mol. The monoisotopic (exact) mass is 504 g/mol. The highest BCUT2D eigenvalue weighted by Gasteiger charge is 2.30. The van der Waals surface area contributed by atoms with Crippen molar-refractivity contribution in [3.8, 4) is 0 Å². The van der Waals surface area contributed by atoms with Crippen molar-refractivity contribution >= 4 is 63.7 Å². The van der Waals surface area contributed by atoms with E-state index in [2.05, 4.69) is 75.9 Å². The van der Waals surface area contributed by atoms with E-state index in [1.165, 1.54) is 11.1 Å². The summed E-state index contributed by atoms with van der Waals surface area (Å²) in [6.45, 7) is 1.17. The Bertz CT molecular complexity index is 378. The molecule has 18 heavy (non-hydrogen) atoms. The molecular formula is C12H12Br4O2. The highest BCUT2D eigenvalue weighted by molar-refractivity contribution is 9.39. The molecule has 0 amide bonds. The zero-order valence-corrected chi connectivity index (χ0v) is 15.8. The van der Waals surface area contributed by atoms with Crippen LogP contribution in [0.5, 0.6) is 0 Å². The fourth-order valence-electron chi connectivity index (χ4n) is 1.76. The molecular weight excluding hydrogens is 496 g/mol. The van der Waals surface area contributed by atoms with E-state index in [0.717, 1.165) is 6.42 Å². The van der Waals surface area contributed by atoms with Crippen LogP contribution in [-0.2, 0) is 22.7 Å². The van der Waals surface area contributed by atoms with E-state index in [-0.39, 0.29) is 13.3 Å².